The van der Waals surface area contributed by atoms with Gasteiger partial charge in [-0.05, 0) is 43.2 Å². The van der Waals surface area contributed by atoms with E-state index in [-0.39, 0.29) is 11.6 Å². The second-order valence-electron chi connectivity index (χ2n) is 6.66. The maximum Gasteiger partial charge on any atom is 0.272 e. The summed E-state index contributed by atoms with van der Waals surface area (Å²) in [5, 5.41) is 11.1. The van der Waals surface area contributed by atoms with Crippen molar-refractivity contribution in [3.8, 4) is 5.75 Å². The van der Waals surface area contributed by atoms with Gasteiger partial charge in [-0.15, -0.1) is 5.10 Å². The number of ether oxygens (including phenoxy) is 2. The molecule has 0 atom stereocenters. The van der Waals surface area contributed by atoms with Crippen molar-refractivity contribution >= 4 is 17.5 Å². The third kappa shape index (κ3) is 6.15. The average molecular weight is 405 g/mol. The van der Waals surface area contributed by atoms with E-state index in [0.717, 1.165) is 50.5 Å². The average Bonchev–Trinajstić information content (AvgIpc) is 2.72. The lowest BCUT2D eigenvalue weighted by Crippen LogP contribution is -2.37. The van der Waals surface area contributed by atoms with Crippen molar-refractivity contribution in [3.05, 3.63) is 52.3 Å². The fraction of sp³-hybridized carbons (Fsp3) is 0.450. The summed E-state index contributed by atoms with van der Waals surface area (Å²) in [6.45, 7) is 7.35. The lowest BCUT2D eigenvalue weighted by atomic mass is 10.2. The molecule has 0 aliphatic carbocycles. The topological polar surface area (TPSA) is 76.6 Å². The molecule has 3 rings (SSSR count). The number of aryl methyl sites for hydroxylation is 1. The molecule has 1 fully saturated rings. The van der Waals surface area contributed by atoms with Gasteiger partial charge >= 0.3 is 0 Å². The molecule has 1 aromatic heterocycles. The van der Waals surface area contributed by atoms with Crippen LogP contribution in [-0.2, 0) is 11.3 Å². The number of hydrogen-bond acceptors (Lipinski definition) is 6. The predicted octanol–water partition coefficient (Wildman–Crippen LogP) is 2.47. The van der Waals surface area contributed by atoms with E-state index in [1.165, 1.54) is 0 Å². The van der Waals surface area contributed by atoms with Gasteiger partial charge in [-0.3, -0.25) is 9.69 Å². The van der Waals surface area contributed by atoms with Crippen LogP contribution in [-0.4, -0.2) is 60.5 Å². The van der Waals surface area contributed by atoms with Crippen LogP contribution >= 0.6 is 11.6 Å². The number of halogens is 1. The fourth-order valence-corrected chi connectivity index (χ4v) is 3.12. The summed E-state index contributed by atoms with van der Waals surface area (Å²) in [4.78, 5) is 14.5. The zero-order chi connectivity index (χ0) is 19.8. The number of carbonyl (C=O) groups excluding carboxylic acids is 1. The van der Waals surface area contributed by atoms with Crippen LogP contribution in [0.25, 0.3) is 0 Å². The first-order valence-electron chi connectivity index (χ1n) is 9.41. The highest BCUT2D eigenvalue weighted by Crippen LogP contribution is 2.25. The molecule has 2 heterocycles. The largest absolute Gasteiger partial charge is 0.492 e. The smallest absolute Gasteiger partial charge is 0.272 e. The Kier molecular flexibility index (Phi) is 7.59. The Morgan fingerprint density at radius 2 is 2.07 bits per heavy atom. The van der Waals surface area contributed by atoms with Crippen LogP contribution in [0.1, 0.15) is 28.2 Å². The van der Waals surface area contributed by atoms with Gasteiger partial charge in [0.2, 0.25) is 0 Å². The van der Waals surface area contributed by atoms with Gasteiger partial charge in [0.15, 0.2) is 5.69 Å². The molecule has 1 aliphatic heterocycles. The van der Waals surface area contributed by atoms with Crippen molar-refractivity contribution in [2.24, 2.45) is 0 Å². The Morgan fingerprint density at radius 1 is 1.25 bits per heavy atom. The van der Waals surface area contributed by atoms with E-state index < -0.39 is 0 Å². The van der Waals surface area contributed by atoms with E-state index in [9.17, 15) is 4.79 Å². The second-order valence-corrected chi connectivity index (χ2v) is 7.07. The maximum atomic E-state index is 12.1. The van der Waals surface area contributed by atoms with Gasteiger partial charge in [-0.2, -0.15) is 5.10 Å². The minimum atomic E-state index is -0.271. The van der Waals surface area contributed by atoms with Gasteiger partial charge in [0, 0.05) is 26.2 Å². The molecule has 1 amide bonds. The summed E-state index contributed by atoms with van der Waals surface area (Å²) in [7, 11) is 0. The minimum Gasteiger partial charge on any atom is -0.492 e. The van der Waals surface area contributed by atoms with Gasteiger partial charge in [0.25, 0.3) is 5.91 Å². The lowest BCUT2D eigenvalue weighted by molar-refractivity contribution is 0.0358. The number of nitrogens with zero attached hydrogens (tertiary/aromatic N) is 3. The molecule has 0 spiro atoms. The van der Waals surface area contributed by atoms with Crippen molar-refractivity contribution in [1.29, 1.82) is 0 Å². The zero-order valence-corrected chi connectivity index (χ0v) is 16.7. The van der Waals surface area contributed by atoms with Gasteiger partial charge in [-0.25, -0.2) is 0 Å². The third-order valence-electron chi connectivity index (χ3n) is 4.46. The first-order valence-corrected chi connectivity index (χ1v) is 9.79. The summed E-state index contributed by atoms with van der Waals surface area (Å²) in [6.07, 6.45) is 0.936. The molecule has 7 nitrogen and oxygen atoms in total. The van der Waals surface area contributed by atoms with Crippen LogP contribution in [0.5, 0.6) is 5.75 Å². The summed E-state index contributed by atoms with van der Waals surface area (Å²) in [5.74, 6) is 0.384. The SMILES string of the molecule is Cc1ccc(C(=O)NCc2ccc(OCCCN3CCOCC3)c(Cl)c2)nn1. The number of morpholine rings is 1. The van der Waals surface area contributed by atoms with E-state index in [2.05, 4.69) is 20.4 Å². The zero-order valence-electron chi connectivity index (χ0n) is 16.0. The molecule has 0 radical (unpaired) electrons. The number of benzene rings is 1. The molecule has 2 aromatic rings. The van der Waals surface area contributed by atoms with Crippen molar-refractivity contribution < 1.29 is 14.3 Å². The molecule has 1 saturated heterocycles. The fourth-order valence-electron chi connectivity index (χ4n) is 2.86. The van der Waals surface area contributed by atoms with Crippen molar-refractivity contribution in [1.82, 2.24) is 20.4 Å². The highest BCUT2D eigenvalue weighted by Gasteiger charge is 2.11. The van der Waals surface area contributed by atoms with Crippen molar-refractivity contribution in [2.75, 3.05) is 39.5 Å². The molecule has 0 saturated carbocycles. The van der Waals surface area contributed by atoms with E-state index >= 15 is 0 Å². The van der Waals surface area contributed by atoms with E-state index in [1.807, 2.05) is 19.1 Å². The highest BCUT2D eigenvalue weighted by molar-refractivity contribution is 6.32. The van der Waals surface area contributed by atoms with E-state index in [0.29, 0.717) is 23.9 Å². The van der Waals surface area contributed by atoms with E-state index in [4.69, 9.17) is 21.1 Å². The van der Waals surface area contributed by atoms with Crippen LogP contribution in [0.2, 0.25) is 5.02 Å². The monoisotopic (exact) mass is 404 g/mol. The van der Waals surface area contributed by atoms with Gasteiger partial charge < -0.3 is 14.8 Å². The molecule has 8 heteroatoms. The Bertz CT molecular complexity index is 780. The minimum absolute atomic E-state index is 0.271. The number of aromatic nitrogens is 2. The maximum absolute atomic E-state index is 12.1. The van der Waals surface area contributed by atoms with Crippen LogP contribution < -0.4 is 10.1 Å². The summed E-state index contributed by atoms with van der Waals surface area (Å²) < 4.78 is 11.1. The molecule has 1 aliphatic rings. The highest BCUT2D eigenvalue weighted by atomic mass is 35.5. The van der Waals surface area contributed by atoms with Crippen LogP contribution in [0.4, 0.5) is 0 Å². The first kappa shape index (κ1) is 20.5. The molecular formula is C20H25ClN4O3. The molecule has 150 valence electrons. The summed E-state index contributed by atoms with van der Waals surface area (Å²) in [6, 6.07) is 8.94. The normalized spacial score (nSPS) is 14.6. The molecular weight excluding hydrogens is 380 g/mol. The summed E-state index contributed by atoms with van der Waals surface area (Å²) in [5.41, 5.74) is 1.94. The number of rotatable bonds is 8. The van der Waals surface area contributed by atoms with Gasteiger partial charge in [0.1, 0.15) is 5.75 Å². The number of hydrogen-bond donors (Lipinski definition) is 1. The molecule has 28 heavy (non-hydrogen) atoms. The van der Waals surface area contributed by atoms with Gasteiger partial charge in [-0.1, -0.05) is 17.7 Å². The predicted molar refractivity (Wildman–Crippen MR) is 107 cm³/mol. The Hall–Kier alpha value is -2.22. The Balaban J connectivity index is 1.42. The van der Waals surface area contributed by atoms with Crippen molar-refractivity contribution in [3.63, 3.8) is 0 Å². The number of nitrogens with one attached hydrogen (secondary N) is 1. The third-order valence-corrected chi connectivity index (χ3v) is 4.76. The number of carbonyl (C=O) groups is 1. The first-order chi connectivity index (χ1) is 13.6. The van der Waals surface area contributed by atoms with E-state index in [1.54, 1.807) is 18.2 Å². The molecule has 0 unspecified atom stereocenters. The lowest BCUT2D eigenvalue weighted by Gasteiger charge is -2.26. The second kappa shape index (κ2) is 10.4. The Labute approximate surface area is 170 Å². The standard InChI is InChI=1S/C20H25ClN4O3/c1-15-3-5-18(24-23-15)20(26)22-14-16-4-6-19(17(21)13-16)28-10-2-7-25-8-11-27-12-9-25/h3-6,13H,2,7-12,14H2,1H3,(H,22,26). The quantitative estimate of drug-likeness (QED) is 0.681. The van der Waals surface area contributed by atoms with Crippen LogP contribution in [0.3, 0.4) is 0 Å². The molecule has 1 aromatic carbocycles. The van der Waals surface area contributed by atoms with Gasteiger partial charge in [0.05, 0.1) is 30.5 Å². The number of amides is 1. The Morgan fingerprint density at radius 3 is 2.79 bits per heavy atom. The summed E-state index contributed by atoms with van der Waals surface area (Å²) >= 11 is 6.32. The molecule has 0 bridgehead atoms. The molecule has 1 N–H and O–H groups in total. The van der Waals surface area contributed by atoms with Crippen LogP contribution in [0.15, 0.2) is 30.3 Å². The van der Waals surface area contributed by atoms with Crippen molar-refractivity contribution in [2.45, 2.75) is 19.9 Å². The van der Waals surface area contributed by atoms with Crippen LogP contribution in [0, 0.1) is 6.92 Å².